The van der Waals surface area contributed by atoms with Crippen LogP contribution in [-0.2, 0) is 5.41 Å². The number of ether oxygens (including phenoxy) is 2. The third kappa shape index (κ3) is 5.44. The fraction of sp³-hybridized carbons (Fsp3) is 0.233. The average Bonchev–Trinajstić information content (AvgIpc) is 2.89. The van der Waals surface area contributed by atoms with Gasteiger partial charge in [-0.3, -0.25) is 4.79 Å². The Hall–Kier alpha value is -4.01. The highest BCUT2D eigenvalue weighted by Gasteiger charge is 2.72. The van der Waals surface area contributed by atoms with Gasteiger partial charge in [0.15, 0.2) is 5.78 Å². The van der Waals surface area contributed by atoms with E-state index in [1.807, 2.05) is 25.2 Å². The Morgan fingerprint density at radius 1 is 0.744 bits per heavy atom. The SMILES string of the molecule is COc1ccc(C(c2ccc(Oc3ccc(C(=O)C4C=CC(C)=CC4)cc3)cc2)(C(F)(F)F)C(F)(F)F)cc1. The lowest BCUT2D eigenvalue weighted by atomic mass is 9.73. The summed E-state index contributed by atoms with van der Waals surface area (Å²) < 4.78 is 96.4. The van der Waals surface area contributed by atoms with Crippen LogP contribution >= 0.6 is 0 Å². The molecule has 0 amide bonds. The van der Waals surface area contributed by atoms with E-state index in [-0.39, 0.29) is 28.9 Å². The van der Waals surface area contributed by atoms with E-state index in [9.17, 15) is 31.1 Å². The molecule has 1 atom stereocenters. The molecule has 0 N–H and O–H groups in total. The van der Waals surface area contributed by atoms with Crippen LogP contribution in [0, 0.1) is 5.92 Å². The van der Waals surface area contributed by atoms with Gasteiger partial charge in [0.05, 0.1) is 7.11 Å². The molecule has 0 heterocycles. The van der Waals surface area contributed by atoms with Gasteiger partial charge in [-0.2, -0.15) is 26.3 Å². The Morgan fingerprint density at radius 2 is 1.21 bits per heavy atom. The molecule has 1 aliphatic rings. The van der Waals surface area contributed by atoms with Crippen LogP contribution in [0.2, 0.25) is 0 Å². The number of halogens is 6. The van der Waals surface area contributed by atoms with E-state index in [1.165, 1.54) is 19.2 Å². The van der Waals surface area contributed by atoms with Crippen molar-refractivity contribution >= 4 is 5.78 Å². The van der Waals surface area contributed by atoms with Gasteiger partial charge in [-0.1, -0.05) is 48.1 Å². The van der Waals surface area contributed by atoms with Crippen molar-refractivity contribution in [2.24, 2.45) is 5.92 Å². The van der Waals surface area contributed by atoms with Gasteiger partial charge in [-0.05, 0) is 73.0 Å². The molecule has 3 nitrogen and oxygen atoms in total. The zero-order valence-corrected chi connectivity index (χ0v) is 20.9. The van der Waals surface area contributed by atoms with E-state index < -0.39 is 28.9 Å². The van der Waals surface area contributed by atoms with Gasteiger partial charge >= 0.3 is 12.4 Å². The topological polar surface area (TPSA) is 35.5 Å². The zero-order valence-electron chi connectivity index (χ0n) is 20.9. The number of methoxy groups -OCH3 is 1. The number of hydrogen-bond donors (Lipinski definition) is 0. The Labute approximate surface area is 221 Å². The molecular formula is C30H24F6O3. The quantitative estimate of drug-likeness (QED) is 0.220. The molecule has 1 aliphatic carbocycles. The smallest absolute Gasteiger partial charge is 0.411 e. The normalized spacial score (nSPS) is 16.0. The summed E-state index contributed by atoms with van der Waals surface area (Å²) in [5, 5.41) is 0. The van der Waals surface area contributed by atoms with Crippen molar-refractivity contribution in [3.05, 3.63) is 113 Å². The average molecular weight is 547 g/mol. The second-order valence-electron chi connectivity index (χ2n) is 9.14. The molecule has 4 rings (SSSR count). The van der Waals surface area contributed by atoms with Gasteiger partial charge in [-0.25, -0.2) is 0 Å². The standard InChI is InChI=1S/C30H24F6O3/c1-19-3-5-20(6-4-19)27(37)21-7-13-25(14-8-21)39-26-17-11-23(12-18-26)28(29(31,32)33,30(34,35)36)22-9-15-24(38-2)16-10-22/h3-5,7-18,20H,6H2,1-2H3. The van der Waals surface area contributed by atoms with Crippen molar-refractivity contribution in [3.63, 3.8) is 0 Å². The summed E-state index contributed by atoms with van der Waals surface area (Å²) in [5.74, 6) is 0.0702. The highest BCUT2D eigenvalue weighted by molar-refractivity contribution is 5.99. The van der Waals surface area contributed by atoms with Crippen LogP contribution in [0.25, 0.3) is 0 Å². The zero-order chi connectivity index (χ0) is 28.4. The summed E-state index contributed by atoms with van der Waals surface area (Å²) in [6, 6.07) is 13.4. The molecule has 204 valence electrons. The maximum Gasteiger partial charge on any atom is 0.411 e. The molecule has 0 aromatic heterocycles. The number of hydrogen-bond acceptors (Lipinski definition) is 3. The van der Waals surface area contributed by atoms with Gasteiger partial charge in [-0.15, -0.1) is 0 Å². The van der Waals surface area contributed by atoms with E-state index >= 15 is 0 Å². The molecular weight excluding hydrogens is 522 g/mol. The number of carbonyl (C=O) groups is 1. The van der Waals surface area contributed by atoms with Crippen LogP contribution in [0.15, 0.2) is 96.6 Å². The monoisotopic (exact) mass is 546 g/mol. The lowest BCUT2D eigenvalue weighted by Gasteiger charge is -2.38. The molecule has 0 saturated heterocycles. The number of Topliss-reactive ketones (excluding diaryl/α,β-unsaturated/α-hetero) is 1. The number of ketones is 1. The predicted molar refractivity (Wildman–Crippen MR) is 134 cm³/mol. The lowest BCUT2D eigenvalue weighted by molar-refractivity contribution is -0.288. The fourth-order valence-corrected chi connectivity index (χ4v) is 4.56. The molecule has 1 unspecified atom stereocenters. The van der Waals surface area contributed by atoms with Crippen LogP contribution in [0.3, 0.4) is 0 Å². The van der Waals surface area contributed by atoms with E-state index in [0.29, 0.717) is 12.0 Å². The van der Waals surface area contributed by atoms with Crippen molar-refractivity contribution in [2.75, 3.05) is 7.11 Å². The Morgan fingerprint density at radius 3 is 1.62 bits per heavy atom. The van der Waals surface area contributed by atoms with E-state index in [2.05, 4.69) is 0 Å². The fourth-order valence-electron chi connectivity index (χ4n) is 4.56. The van der Waals surface area contributed by atoms with E-state index in [4.69, 9.17) is 9.47 Å². The number of benzene rings is 3. The molecule has 0 radical (unpaired) electrons. The maximum absolute atomic E-state index is 14.3. The first-order valence-corrected chi connectivity index (χ1v) is 11.9. The van der Waals surface area contributed by atoms with Gasteiger partial charge in [0, 0.05) is 11.5 Å². The molecule has 0 saturated carbocycles. The summed E-state index contributed by atoms with van der Waals surface area (Å²) in [4.78, 5) is 12.7. The van der Waals surface area contributed by atoms with Crippen LogP contribution in [0.1, 0.15) is 34.8 Å². The molecule has 0 bridgehead atoms. The Kier molecular flexibility index (Phi) is 7.63. The molecule has 39 heavy (non-hydrogen) atoms. The first kappa shape index (κ1) is 28.0. The van der Waals surface area contributed by atoms with Gasteiger partial charge < -0.3 is 9.47 Å². The minimum atomic E-state index is -5.70. The molecule has 0 aliphatic heterocycles. The predicted octanol–water partition coefficient (Wildman–Crippen LogP) is 8.60. The highest BCUT2D eigenvalue weighted by atomic mass is 19.4. The summed E-state index contributed by atoms with van der Waals surface area (Å²) in [7, 11) is 1.26. The first-order chi connectivity index (χ1) is 18.4. The largest absolute Gasteiger partial charge is 0.497 e. The maximum atomic E-state index is 14.3. The van der Waals surface area contributed by atoms with Gasteiger partial charge in [0.1, 0.15) is 17.2 Å². The number of rotatable bonds is 7. The molecule has 9 heteroatoms. The second kappa shape index (κ2) is 10.6. The Bertz CT molecular complexity index is 1350. The van der Waals surface area contributed by atoms with Crippen molar-refractivity contribution < 1.29 is 40.6 Å². The van der Waals surface area contributed by atoms with Crippen LogP contribution in [0.4, 0.5) is 26.3 Å². The minimum absolute atomic E-state index is 0.0293. The summed E-state index contributed by atoms with van der Waals surface area (Å²) in [6.45, 7) is 1.95. The van der Waals surface area contributed by atoms with E-state index in [1.54, 1.807) is 12.1 Å². The number of allylic oxidation sites excluding steroid dienone is 4. The summed E-state index contributed by atoms with van der Waals surface area (Å²) >= 11 is 0. The third-order valence-corrected chi connectivity index (χ3v) is 6.66. The molecule has 3 aromatic carbocycles. The molecule has 3 aromatic rings. The van der Waals surface area contributed by atoms with Crippen molar-refractivity contribution in [1.82, 2.24) is 0 Å². The molecule has 0 fully saturated rings. The van der Waals surface area contributed by atoms with Crippen molar-refractivity contribution in [2.45, 2.75) is 31.1 Å². The van der Waals surface area contributed by atoms with Crippen molar-refractivity contribution in [3.8, 4) is 17.2 Å². The van der Waals surface area contributed by atoms with Crippen molar-refractivity contribution in [1.29, 1.82) is 0 Å². The van der Waals surface area contributed by atoms with Crippen LogP contribution < -0.4 is 9.47 Å². The van der Waals surface area contributed by atoms with Gasteiger partial charge in [0.2, 0.25) is 5.41 Å². The van der Waals surface area contributed by atoms with Gasteiger partial charge in [0.25, 0.3) is 0 Å². The van der Waals surface area contributed by atoms with Crippen LogP contribution in [-0.4, -0.2) is 25.2 Å². The Balaban J connectivity index is 1.60. The van der Waals surface area contributed by atoms with E-state index in [0.717, 1.165) is 54.1 Å². The summed E-state index contributed by atoms with van der Waals surface area (Å²) in [6.07, 6.45) is -5.10. The minimum Gasteiger partial charge on any atom is -0.497 e. The number of carbonyl (C=O) groups excluding carboxylic acids is 1. The highest BCUT2D eigenvalue weighted by Crippen LogP contribution is 2.56. The lowest BCUT2D eigenvalue weighted by Crippen LogP contribution is -2.54. The first-order valence-electron chi connectivity index (χ1n) is 11.9. The molecule has 0 spiro atoms. The second-order valence-corrected chi connectivity index (χ2v) is 9.14. The summed E-state index contributed by atoms with van der Waals surface area (Å²) in [5.41, 5.74) is -4.73. The third-order valence-electron chi connectivity index (χ3n) is 6.66. The number of alkyl halides is 6. The van der Waals surface area contributed by atoms with Crippen LogP contribution in [0.5, 0.6) is 17.2 Å².